The summed E-state index contributed by atoms with van der Waals surface area (Å²) in [5.74, 6) is 0.0111. The largest absolute Gasteiger partial charge is 0.339 e. The van der Waals surface area contributed by atoms with Gasteiger partial charge in [0.05, 0.1) is 6.54 Å². The van der Waals surface area contributed by atoms with Gasteiger partial charge in [0.15, 0.2) is 0 Å². The lowest BCUT2D eigenvalue weighted by molar-refractivity contribution is -0.133. The van der Waals surface area contributed by atoms with Gasteiger partial charge in [-0.3, -0.25) is 9.48 Å². The van der Waals surface area contributed by atoms with Crippen LogP contribution in [0.2, 0.25) is 0 Å². The molecule has 1 aliphatic rings. The van der Waals surface area contributed by atoms with Gasteiger partial charge in [0, 0.05) is 38.6 Å². The second-order valence-corrected chi connectivity index (χ2v) is 3.91. The molecule has 1 aromatic heterocycles. The number of hydrogen-bond acceptors (Lipinski definition) is 4. The molecule has 0 spiro atoms. The fourth-order valence-corrected chi connectivity index (χ4v) is 1.81. The fourth-order valence-electron chi connectivity index (χ4n) is 1.81. The van der Waals surface area contributed by atoms with E-state index in [-0.39, 0.29) is 5.91 Å². The van der Waals surface area contributed by atoms with Crippen LogP contribution in [0.5, 0.6) is 0 Å². The second kappa shape index (κ2) is 5.09. The minimum absolute atomic E-state index is 0.0111. The summed E-state index contributed by atoms with van der Waals surface area (Å²) >= 11 is 0. The Kier molecular flexibility index (Phi) is 3.53. The van der Waals surface area contributed by atoms with Crippen LogP contribution in [0.4, 0.5) is 0 Å². The second-order valence-electron chi connectivity index (χ2n) is 3.91. The Morgan fingerprint density at radius 2 is 2.25 bits per heavy atom. The van der Waals surface area contributed by atoms with Crippen LogP contribution < -0.4 is 11.1 Å². The Morgan fingerprint density at radius 3 is 2.88 bits per heavy atom. The van der Waals surface area contributed by atoms with Crippen molar-refractivity contribution in [1.82, 2.24) is 20.0 Å². The number of amides is 1. The summed E-state index contributed by atoms with van der Waals surface area (Å²) in [6.45, 7) is 3.62. The van der Waals surface area contributed by atoms with Gasteiger partial charge in [0.1, 0.15) is 6.04 Å². The molecule has 1 atom stereocenters. The third-order valence-electron chi connectivity index (χ3n) is 2.69. The number of carbonyl (C=O) groups is 1. The summed E-state index contributed by atoms with van der Waals surface area (Å²) in [4.78, 5) is 13.8. The molecule has 1 aliphatic heterocycles. The van der Waals surface area contributed by atoms with Crippen LogP contribution in [0.3, 0.4) is 0 Å². The third kappa shape index (κ3) is 2.59. The zero-order valence-corrected chi connectivity index (χ0v) is 9.17. The molecule has 88 valence electrons. The number of hydrogen-bond donors (Lipinski definition) is 2. The van der Waals surface area contributed by atoms with Gasteiger partial charge in [0.2, 0.25) is 5.91 Å². The van der Waals surface area contributed by atoms with Crippen molar-refractivity contribution in [1.29, 1.82) is 0 Å². The van der Waals surface area contributed by atoms with E-state index >= 15 is 0 Å². The van der Waals surface area contributed by atoms with E-state index in [0.29, 0.717) is 6.54 Å². The predicted octanol–water partition coefficient (Wildman–Crippen LogP) is -1.36. The van der Waals surface area contributed by atoms with Crippen LogP contribution in [-0.4, -0.2) is 52.8 Å². The molecule has 0 aliphatic carbocycles. The minimum Gasteiger partial charge on any atom is -0.339 e. The number of rotatable bonds is 3. The molecule has 6 nitrogen and oxygen atoms in total. The first kappa shape index (κ1) is 11.1. The van der Waals surface area contributed by atoms with Crippen molar-refractivity contribution in [2.24, 2.45) is 5.73 Å². The van der Waals surface area contributed by atoms with Gasteiger partial charge < -0.3 is 16.0 Å². The van der Waals surface area contributed by atoms with Gasteiger partial charge in [-0.05, 0) is 6.07 Å². The van der Waals surface area contributed by atoms with Crippen molar-refractivity contribution in [3.8, 4) is 0 Å². The summed E-state index contributed by atoms with van der Waals surface area (Å²) in [6.07, 6.45) is 3.49. The maximum atomic E-state index is 12.0. The van der Waals surface area contributed by atoms with Crippen LogP contribution in [0, 0.1) is 0 Å². The smallest absolute Gasteiger partial charge is 0.241 e. The fraction of sp³-hybridized carbons (Fsp3) is 0.600. The molecular formula is C10H17N5O. The Bertz CT molecular complexity index is 331. The van der Waals surface area contributed by atoms with Crippen LogP contribution >= 0.6 is 0 Å². The van der Waals surface area contributed by atoms with E-state index in [0.717, 1.165) is 26.2 Å². The van der Waals surface area contributed by atoms with Gasteiger partial charge in [0.25, 0.3) is 0 Å². The Hall–Kier alpha value is -1.40. The lowest BCUT2D eigenvalue weighted by Gasteiger charge is -2.29. The first-order chi connectivity index (χ1) is 7.77. The standard InChI is InChI=1S/C10H17N5O/c11-9(8-15-5-1-2-13-15)10(16)14-6-3-12-4-7-14/h1-2,5,9,12H,3-4,6-8,11H2. The van der Waals surface area contributed by atoms with Gasteiger partial charge in [-0.15, -0.1) is 0 Å². The van der Waals surface area contributed by atoms with Crippen LogP contribution in [0.25, 0.3) is 0 Å². The number of aromatic nitrogens is 2. The molecule has 0 bridgehead atoms. The molecule has 1 fully saturated rings. The first-order valence-electron chi connectivity index (χ1n) is 5.50. The highest BCUT2D eigenvalue weighted by molar-refractivity contribution is 5.81. The summed E-state index contributed by atoms with van der Waals surface area (Å²) in [5.41, 5.74) is 5.87. The molecule has 0 radical (unpaired) electrons. The monoisotopic (exact) mass is 223 g/mol. The van der Waals surface area contributed by atoms with Gasteiger partial charge in [-0.25, -0.2) is 0 Å². The van der Waals surface area contributed by atoms with Crippen molar-refractivity contribution >= 4 is 5.91 Å². The Labute approximate surface area is 94.4 Å². The summed E-state index contributed by atoms with van der Waals surface area (Å²) in [6, 6.07) is 1.32. The normalized spacial score (nSPS) is 18.4. The highest BCUT2D eigenvalue weighted by atomic mass is 16.2. The molecule has 0 saturated carbocycles. The maximum absolute atomic E-state index is 12.0. The summed E-state index contributed by atoms with van der Waals surface area (Å²) in [5, 5.41) is 7.24. The van der Waals surface area contributed by atoms with E-state index in [1.807, 2.05) is 17.2 Å². The average Bonchev–Trinajstić information content (AvgIpc) is 2.82. The highest BCUT2D eigenvalue weighted by Gasteiger charge is 2.22. The number of nitrogens with one attached hydrogen (secondary N) is 1. The summed E-state index contributed by atoms with van der Waals surface area (Å²) in [7, 11) is 0. The molecule has 2 heterocycles. The quantitative estimate of drug-likeness (QED) is 0.664. The predicted molar refractivity (Wildman–Crippen MR) is 59.7 cm³/mol. The molecule has 1 amide bonds. The van der Waals surface area contributed by atoms with E-state index < -0.39 is 6.04 Å². The van der Waals surface area contributed by atoms with Crippen molar-refractivity contribution in [2.75, 3.05) is 26.2 Å². The van der Waals surface area contributed by atoms with Gasteiger partial charge in [-0.1, -0.05) is 0 Å². The van der Waals surface area contributed by atoms with Crippen molar-refractivity contribution in [3.63, 3.8) is 0 Å². The van der Waals surface area contributed by atoms with Crippen LogP contribution in [-0.2, 0) is 11.3 Å². The SMILES string of the molecule is NC(Cn1cccn1)C(=O)N1CCNCC1. The molecule has 1 saturated heterocycles. The van der Waals surface area contributed by atoms with Crippen molar-refractivity contribution in [3.05, 3.63) is 18.5 Å². The van der Waals surface area contributed by atoms with E-state index in [1.165, 1.54) is 0 Å². The first-order valence-corrected chi connectivity index (χ1v) is 5.50. The number of nitrogens with zero attached hydrogens (tertiary/aromatic N) is 3. The van der Waals surface area contributed by atoms with Crippen LogP contribution in [0.1, 0.15) is 0 Å². The average molecular weight is 223 g/mol. The highest BCUT2D eigenvalue weighted by Crippen LogP contribution is 1.98. The number of piperazine rings is 1. The van der Waals surface area contributed by atoms with Crippen LogP contribution in [0.15, 0.2) is 18.5 Å². The molecule has 6 heteroatoms. The molecule has 3 N–H and O–H groups in total. The lowest BCUT2D eigenvalue weighted by atomic mass is 10.2. The number of carbonyl (C=O) groups excluding carboxylic acids is 1. The maximum Gasteiger partial charge on any atom is 0.241 e. The van der Waals surface area contributed by atoms with E-state index in [1.54, 1.807) is 10.9 Å². The molecule has 16 heavy (non-hydrogen) atoms. The zero-order valence-electron chi connectivity index (χ0n) is 9.17. The topological polar surface area (TPSA) is 76.2 Å². The minimum atomic E-state index is -0.502. The third-order valence-corrected chi connectivity index (χ3v) is 2.69. The zero-order chi connectivity index (χ0) is 11.4. The summed E-state index contributed by atoms with van der Waals surface area (Å²) < 4.78 is 1.69. The van der Waals surface area contributed by atoms with E-state index in [9.17, 15) is 4.79 Å². The molecule has 1 unspecified atom stereocenters. The van der Waals surface area contributed by atoms with E-state index in [4.69, 9.17) is 5.73 Å². The Balaban J connectivity index is 1.88. The lowest BCUT2D eigenvalue weighted by Crippen LogP contribution is -2.52. The van der Waals surface area contributed by atoms with Gasteiger partial charge in [-0.2, -0.15) is 5.10 Å². The molecule has 2 rings (SSSR count). The molecule has 1 aromatic rings. The molecule has 0 aromatic carbocycles. The number of nitrogens with two attached hydrogens (primary N) is 1. The Morgan fingerprint density at radius 1 is 1.50 bits per heavy atom. The van der Waals surface area contributed by atoms with E-state index in [2.05, 4.69) is 10.4 Å². The van der Waals surface area contributed by atoms with Gasteiger partial charge >= 0.3 is 0 Å². The molecular weight excluding hydrogens is 206 g/mol. The van der Waals surface area contributed by atoms with Crippen molar-refractivity contribution < 1.29 is 4.79 Å². The van der Waals surface area contributed by atoms with Crippen molar-refractivity contribution in [2.45, 2.75) is 12.6 Å².